The molecule has 2 aliphatic heterocycles. The topological polar surface area (TPSA) is 51.7 Å². The van der Waals surface area contributed by atoms with Crippen molar-refractivity contribution in [2.45, 2.75) is 37.7 Å². The minimum atomic E-state index is -0.136. The third-order valence-electron chi connectivity index (χ3n) is 5.00. The fourth-order valence-corrected chi connectivity index (χ4v) is 3.95. The lowest BCUT2D eigenvalue weighted by atomic mass is 10.0. The smallest absolute Gasteiger partial charge is 0.254 e. The Labute approximate surface area is 157 Å². The summed E-state index contributed by atoms with van der Waals surface area (Å²) in [6.45, 7) is 1.71. The second kappa shape index (κ2) is 7.74. The third kappa shape index (κ3) is 3.61. The van der Waals surface area contributed by atoms with Crippen molar-refractivity contribution in [3.8, 4) is 0 Å². The number of likely N-dealkylation sites (tertiary alicyclic amines) is 1. The van der Waals surface area contributed by atoms with Gasteiger partial charge in [0.1, 0.15) is 12.2 Å². The molecule has 0 spiro atoms. The Morgan fingerprint density at radius 1 is 1.35 bits per heavy atom. The van der Waals surface area contributed by atoms with Gasteiger partial charge >= 0.3 is 0 Å². The summed E-state index contributed by atoms with van der Waals surface area (Å²) in [4.78, 5) is 19.0. The first-order chi connectivity index (χ1) is 12.7. The van der Waals surface area contributed by atoms with Gasteiger partial charge in [-0.15, -0.1) is 0 Å². The van der Waals surface area contributed by atoms with E-state index < -0.39 is 0 Å². The fourth-order valence-electron chi connectivity index (χ4n) is 3.76. The molecule has 5 nitrogen and oxygen atoms in total. The van der Waals surface area contributed by atoms with E-state index in [1.807, 2.05) is 17.0 Å². The number of ether oxygens (including phenoxy) is 2. The number of carbonyl (C=O) groups is 1. The summed E-state index contributed by atoms with van der Waals surface area (Å²) in [5, 5.41) is 0.566. The predicted octanol–water partition coefficient (Wildman–Crippen LogP) is 3.32. The molecule has 3 atom stereocenters. The number of hydrogen-bond acceptors (Lipinski definition) is 4. The fraction of sp³-hybridized carbons (Fsp3) is 0.400. The van der Waals surface area contributed by atoms with Gasteiger partial charge in [0.05, 0.1) is 19.2 Å². The number of pyridine rings is 1. The van der Waals surface area contributed by atoms with Crippen molar-refractivity contribution in [1.29, 1.82) is 0 Å². The average Bonchev–Trinajstić information content (AvgIpc) is 3.05. The number of amides is 1. The molecule has 0 radical (unpaired) electrons. The predicted molar refractivity (Wildman–Crippen MR) is 98.1 cm³/mol. The number of fused-ring (bicyclic) bond motifs is 1. The minimum absolute atomic E-state index is 0.0134. The normalized spacial score (nSPS) is 25.1. The van der Waals surface area contributed by atoms with Gasteiger partial charge in [-0.25, -0.2) is 0 Å². The molecule has 3 heterocycles. The van der Waals surface area contributed by atoms with Crippen molar-refractivity contribution >= 4 is 17.5 Å². The van der Waals surface area contributed by atoms with Crippen LogP contribution in [0.2, 0.25) is 5.02 Å². The molecule has 0 N–H and O–H groups in total. The van der Waals surface area contributed by atoms with Crippen LogP contribution < -0.4 is 0 Å². The van der Waals surface area contributed by atoms with E-state index in [2.05, 4.69) is 4.98 Å². The van der Waals surface area contributed by atoms with Crippen LogP contribution in [0.15, 0.2) is 48.8 Å². The second-order valence-corrected chi connectivity index (χ2v) is 7.16. The molecule has 136 valence electrons. The van der Waals surface area contributed by atoms with Crippen molar-refractivity contribution in [2.75, 3.05) is 13.2 Å². The van der Waals surface area contributed by atoms with Gasteiger partial charge in [-0.3, -0.25) is 9.78 Å². The molecule has 2 saturated heterocycles. The lowest BCUT2D eigenvalue weighted by Gasteiger charge is -2.32. The summed E-state index contributed by atoms with van der Waals surface area (Å²) < 4.78 is 12.1. The lowest BCUT2D eigenvalue weighted by Crippen LogP contribution is -2.43. The van der Waals surface area contributed by atoms with Gasteiger partial charge in [0, 0.05) is 29.6 Å². The van der Waals surface area contributed by atoms with Crippen LogP contribution in [0, 0.1) is 0 Å². The van der Waals surface area contributed by atoms with Crippen molar-refractivity contribution < 1.29 is 14.3 Å². The van der Waals surface area contributed by atoms with E-state index in [1.165, 1.54) is 0 Å². The Morgan fingerprint density at radius 2 is 2.27 bits per heavy atom. The Hall–Kier alpha value is -1.95. The SMILES string of the molecule is O=C(c1cccc(Cl)c1)N1C[C@@H](OCc2cccnc2)[C@H]2OCCC[C@@H]21. The molecule has 1 aromatic carbocycles. The van der Waals surface area contributed by atoms with Crippen molar-refractivity contribution in [2.24, 2.45) is 0 Å². The van der Waals surface area contributed by atoms with Crippen LogP contribution in [0.1, 0.15) is 28.8 Å². The molecule has 1 aromatic heterocycles. The molecular weight excluding hydrogens is 352 g/mol. The molecule has 1 amide bonds. The van der Waals surface area contributed by atoms with E-state index in [0.717, 1.165) is 18.4 Å². The van der Waals surface area contributed by atoms with Crippen molar-refractivity contribution in [3.05, 3.63) is 64.9 Å². The number of rotatable bonds is 4. The highest BCUT2D eigenvalue weighted by molar-refractivity contribution is 6.30. The molecule has 0 bridgehead atoms. The Bertz CT molecular complexity index is 771. The van der Waals surface area contributed by atoms with Crippen molar-refractivity contribution in [3.63, 3.8) is 0 Å². The number of carbonyl (C=O) groups excluding carboxylic acids is 1. The maximum absolute atomic E-state index is 13.0. The van der Waals surface area contributed by atoms with Gasteiger partial charge in [-0.05, 0) is 42.7 Å². The number of hydrogen-bond donors (Lipinski definition) is 0. The summed E-state index contributed by atoms with van der Waals surface area (Å²) in [7, 11) is 0. The summed E-state index contributed by atoms with van der Waals surface area (Å²) in [5.41, 5.74) is 1.62. The number of halogens is 1. The van der Waals surface area contributed by atoms with Crippen molar-refractivity contribution in [1.82, 2.24) is 9.88 Å². The third-order valence-corrected chi connectivity index (χ3v) is 5.23. The largest absolute Gasteiger partial charge is 0.373 e. The molecule has 0 saturated carbocycles. The quantitative estimate of drug-likeness (QED) is 0.826. The number of nitrogens with zero attached hydrogens (tertiary/aromatic N) is 2. The standard InChI is InChI=1S/C20H21ClN2O3/c21-16-6-1-5-15(10-16)20(24)23-12-18(19-17(23)7-3-9-25-19)26-13-14-4-2-8-22-11-14/h1-2,4-6,8,10-11,17-19H,3,7,9,12-13H2/t17-,18+,19-/m0/s1. The van der Waals surface area contributed by atoms with Crippen LogP contribution in [0.25, 0.3) is 0 Å². The summed E-state index contributed by atoms with van der Waals surface area (Å²) in [5.74, 6) is -0.0134. The Kier molecular flexibility index (Phi) is 5.20. The monoisotopic (exact) mass is 372 g/mol. The van der Waals surface area contributed by atoms with Crippen LogP contribution in [0.5, 0.6) is 0 Å². The van der Waals surface area contributed by atoms with E-state index in [0.29, 0.717) is 30.3 Å². The lowest BCUT2D eigenvalue weighted by molar-refractivity contribution is -0.0810. The van der Waals surface area contributed by atoms with Gasteiger partial charge in [0.25, 0.3) is 5.91 Å². The molecule has 0 aliphatic carbocycles. The minimum Gasteiger partial charge on any atom is -0.373 e. The zero-order valence-electron chi connectivity index (χ0n) is 14.4. The number of benzene rings is 1. The average molecular weight is 373 g/mol. The van der Waals surface area contributed by atoms with Gasteiger partial charge in [-0.2, -0.15) is 0 Å². The Balaban J connectivity index is 1.50. The van der Waals surface area contributed by atoms with E-state index in [9.17, 15) is 4.79 Å². The van der Waals surface area contributed by atoms with E-state index in [-0.39, 0.29) is 24.2 Å². The second-order valence-electron chi connectivity index (χ2n) is 6.72. The molecule has 0 unspecified atom stereocenters. The van der Waals surface area contributed by atoms with Gasteiger partial charge in [0.15, 0.2) is 0 Å². The van der Waals surface area contributed by atoms with Crippen LogP contribution in [0.4, 0.5) is 0 Å². The summed E-state index contributed by atoms with van der Waals surface area (Å²) in [6.07, 6.45) is 5.21. The highest BCUT2D eigenvalue weighted by Gasteiger charge is 2.46. The molecule has 26 heavy (non-hydrogen) atoms. The Morgan fingerprint density at radius 3 is 3.08 bits per heavy atom. The zero-order chi connectivity index (χ0) is 17.9. The molecular formula is C20H21ClN2O3. The number of aromatic nitrogens is 1. The van der Waals surface area contributed by atoms with Crippen LogP contribution in [0.3, 0.4) is 0 Å². The maximum atomic E-state index is 13.0. The van der Waals surface area contributed by atoms with Crippen LogP contribution in [-0.4, -0.2) is 47.2 Å². The molecule has 6 heteroatoms. The van der Waals surface area contributed by atoms with Crippen LogP contribution >= 0.6 is 11.6 Å². The first kappa shape index (κ1) is 17.5. The first-order valence-electron chi connectivity index (χ1n) is 8.91. The van der Waals surface area contributed by atoms with Gasteiger partial charge in [-0.1, -0.05) is 23.7 Å². The van der Waals surface area contributed by atoms with E-state index in [4.69, 9.17) is 21.1 Å². The maximum Gasteiger partial charge on any atom is 0.254 e. The molecule has 2 aromatic rings. The zero-order valence-corrected chi connectivity index (χ0v) is 15.1. The highest BCUT2D eigenvalue weighted by Crippen LogP contribution is 2.32. The summed E-state index contributed by atoms with van der Waals surface area (Å²) >= 11 is 6.05. The molecule has 2 aliphatic rings. The van der Waals surface area contributed by atoms with Gasteiger partial charge in [0.2, 0.25) is 0 Å². The summed E-state index contributed by atoms with van der Waals surface area (Å²) in [6, 6.07) is 11.0. The molecule has 4 rings (SSSR count). The van der Waals surface area contributed by atoms with E-state index >= 15 is 0 Å². The first-order valence-corrected chi connectivity index (χ1v) is 9.29. The molecule has 2 fully saturated rings. The van der Waals surface area contributed by atoms with E-state index in [1.54, 1.807) is 36.7 Å². The van der Waals surface area contributed by atoms with Gasteiger partial charge < -0.3 is 14.4 Å². The highest BCUT2D eigenvalue weighted by atomic mass is 35.5. The van der Waals surface area contributed by atoms with Crippen LogP contribution in [-0.2, 0) is 16.1 Å².